The smallest absolute Gasteiger partial charge is 0.218 e. The Kier molecular flexibility index (Phi) is 3.90. The minimum Gasteiger partial charge on any atom is -0.478 e. The Balaban J connectivity index is 1.81. The maximum atomic E-state index is 5.74. The van der Waals surface area contributed by atoms with Crippen molar-refractivity contribution in [3.63, 3.8) is 0 Å². The fourth-order valence-electron chi connectivity index (χ4n) is 2.32. The van der Waals surface area contributed by atoms with Gasteiger partial charge in [0.15, 0.2) is 0 Å². The summed E-state index contributed by atoms with van der Waals surface area (Å²) in [5.74, 6) is 1.55. The number of anilines is 2. The Morgan fingerprint density at radius 2 is 2.00 bits per heavy atom. The van der Waals surface area contributed by atoms with Crippen LogP contribution >= 0.6 is 0 Å². The van der Waals surface area contributed by atoms with Gasteiger partial charge < -0.3 is 15.4 Å². The molecule has 1 fully saturated rings. The van der Waals surface area contributed by atoms with Crippen LogP contribution in [-0.4, -0.2) is 22.6 Å². The molecule has 0 unspecified atom stereocenters. The molecule has 1 aromatic carbocycles. The second-order valence-electron chi connectivity index (χ2n) is 5.25. The van der Waals surface area contributed by atoms with Gasteiger partial charge in [0, 0.05) is 24.3 Å². The average molecular weight is 284 g/mol. The van der Waals surface area contributed by atoms with Gasteiger partial charge >= 0.3 is 0 Å². The maximum Gasteiger partial charge on any atom is 0.218 e. The van der Waals surface area contributed by atoms with Crippen molar-refractivity contribution >= 4 is 11.5 Å². The van der Waals surface area contributed by atoms with Crippen molar-refractivity contribution in [2.24, 2.45) is 0 Å². The Hall–Kier alpha value is -2.30. The highest BCUT2D eigenvalue weighted by molar-refractivity contribution is 5.46. The van der Waals surface area contributed by atoms with Crippen molar-refractivity contribution < 1.29 is 4.74 Å². The summed E-state index contributed by atoms with van der Waals surface area (Å²) in [5, 5.41) is 0. The summed E-state index contributed by atoms with van der Waals surface area (Å²) in [6, 6.07) is 10.5. The number of hydrogen-bond donors (Lipinski definition) is 1. The standard InChI is InChI=1S/C16H20N4O/c1-2-21-16-9-15(18-11-19-16)20(14-7-8-14)10-12-3-5-13(17)6-4-12/h3-6,9,11,14H,2,7-8,10,17H2,1H3. The molecule has 0 aliphatic heterocycles. The first-order valence-electron chi connectivity index (χ1n) is 7.32. The van der Waals surface area contributed by atoms with Crippen LogP contribution in [0.1, 0.15) is 25.3 Å². The normalized spacial score (nSPS) is 14.0. The van der Waals surface area contributed by atoms with Gasteiger partial charge in [-0.15, -0.1) is 0 Å². The van der Waals surface area contributed by atoms with Crippen LogP contribution in [0.5, 0.6) is 5.88 Å². The van der Waals surface area contributed by atoms with Gasteiger partial charge in [0.25, 0.3) is 0 Å². The lowest BCUT2D eigenvalue weighted by atomic mass is 10.2. The minimum atomic E-state index is 0.562. The molecule has 2 N–H and O–H groups in total. The molecule has 2 aromatic rings. The van der Waals surface area contributed by atoms with Gasteiger partial charge in [-0.2, -0.15) is 0 Å². The molecule has 1 aromatic heterocycles. The largest absolute Gasteiger partial charge is 0.478 e. The molecule has 1 aliphatic carbocycles. The number of benzene rings is 1. The molecule has 0 spiro atoms. The second kappa shape index (κ2) is 5.99. The van der Waals surface area contributed by atoms with Gasteiger partial charge in [-0.1, -0.05) is 12.1 Å². The molecule has 3 rings (SSSR count). The Labute approximate surface area is 124 Å². The third kappa shape index (κ3) is 3.42. The van der Waals surface area contributed by atoms with Crippen molar-refractivity contribution in [2.75, 3.05) is 17.2 Å². The number of ether oxygens (including phenoxy) is 1. The van der Waals surface area contributed by atoms with Crippen LogP contribution in [-0.2, 0) is 6.54 Å². The van der Waals surface area contributed by atoms with E-state index in [1.807, 2.05) is 25.1 Å². The van der Waals surface area contributed by atoms with Crippen LogP contribution in [0, 0.1) is 0 Å². The van der Waals surface area contributed by atoms with Crippen molar-refractivity contribution in [3.05, 3.63) is 42.2 Å². The zero-order valence-electron chi connectivity index (χ0n) is 12.2. The van der Waals surface area contributed by atoms with Crippen LogP contribution in [0.15, 0.2) is 36.7 Å². The van der Waals surface area contributed by atoms with E-state index >= 15 is 0 Å². The average Bonchev–Trinajstić information content (AvgIpc) is 3.32. The lowest BCUT2D eigenvalue weighted by Crippen LogP contribution is -2.26. The summed E-state index contributed by atoms with van der Waals surface area (Å²) in [6.45, 7) is 3.39. The topological polar surface area (TPSA) is 64.3 Å². The second-order valence-corrected chi connectivity index (χ2v) is 5.25. The molecule has 5 nitrogen and oxygen atoms in total. The van der Waals surface area contributed by atoms with E-state index in [9.17, 15) is 0 Å². The van der Waals surface area contributed by atoms with E-state index in [0.29, 0.717) is 18.5 Å². The molecule has 0 saturated heterocycles. The Bertz CT molecular complexity index is 595. The zero-order valence-corrected chi connectivity index (χ0v) is 12.2. The van der Waals surface area contributed by atoms with Gasteiger partial charge in [0.05, 0.1) is 6.61 Å². The van der Waals surface area contributed by atoms with E-state index in [1.165, 1.54) is 18.4 Å². The lowest BCUT2D eigenvalue weighted by Gasteiger charge is -2.23. The van der Waals surface area contributed by atoms with E-state index in [2.05, 4.69) is 27.0 Å². The lowest BCUT2D eigenvalue weighted by molar-refractivity contribution is 0.326. The minimum absolute atomic E-state index is 0.562. The molecule has 0 amide bonds. The SMILES string of the molecule is CCOc1cc(N(Cc2ccc(N)cc2)C2CC2)ncn1. The summed E-state index contributed by atoms with van der Waals surface area (Å²) in [5.41, 5.74) is 7.76. The van der Waals surface area contributed by atoms with Crippen molar-refractivity contribution in [1.29, 1.82) is 0 Å². The predicted molar refractivity (Wildman–Crippen MR) is 83.3 cm³/mol. The van der Waals surface area contributed by atoms with E-state index in [0.717, 1.165) is 18.1 Å². The predicted octanol–water partition coefficient (Wildman–Crippen LogP) is 2.63. The first-order valence-corrected chi connectivity index (χ1v) is 7.32. The van der Waals surface area contributed by atoms with E-state index in [-0.39, 0.29) is 0 Å². The van der Waals surface area contributed by atoms with Crippen LogP contribution in [0.25, 0.3) is 0 Å². The first-order chi connectivity index (χ1) is 10.3. The summed E-state index contributed by atoms with van der Waals surface area (Å²) in [6.07, 6.45) is 3.99. The Morgan fingerprint density at radius 1 is 1.24 bits per heavy atom. The number of aromatic nitrogens is 2. The molecule has 21 heavy (non-hydrogen) atoms. The fraction of sp³-hybridized carbons (Fsp3) is 0.375. The fourth-order valence-corrected chi connectivity index (χ4v) is 2.32. The van der Waals surface area contributed by atoms with Gasteiger partial charge in [-0.3, -0.25) is 0 Å². The van der Waals surface area contributed by atoms with Crippen LogP contribution in [0.2, 0.25) is 0 Å². The van der Waals surface area contributed by atoms with E-state index in [1.54, 1.807) is 6.33 Å². The van der Waals surface area contributed by atoms with Crippen molar-refractivity contribution in [2.45, 2.75) is 32.4 Å². The van der Waals surface area contributed by atoms with Gasteiger partial charge in [0.2, 0.25) is 5.88 Å². The number of nitrogens with two attached hydrogens (primary N) is 1. The van der Waals surface area contributed by atoms with Crippen LogP contribution in [0.4, 0.5) is 11.5 Å². The van der Waals surface area contributed by atoms with Crippen LogP contribution < -0.4 is 15.4 Å². The quantitative estimate of drug-likeness (QED) is 0.826. The highest BCUT2D eigenvalue weighted by atomic mass is 16.5. The van der Waals surface area contributed by atoms with E-state index in [4.69, 9.17) is 10.5 Å². The number of nitrogen functional groups attached to an aromatic ring is 1. The number of rotatable bonds is 6. The molecule has 0 radical (unpaired) electrons. The summed E-state index contributed by atoms with van der Waals surface area (Å²) in [4.78, 5) is 10.9. The monoisotopic (exact) mass is 284 g/mol. The zero-order chi connectivity index (χ0) is 14.7. The number of hydrogen-bond acceptors (Lipinski definition) is 5. The van der Waals surface area contributed by atoms with Crippen LogP contribution in [0.3, 0.4) is 0 Å². The van der Waals surface area contributed by atoms with Gasteiger partial charge in [0.1, 0.15) is 12.1 Å². The van der Waals surface area contributed by atoms with Gasteiger partial charge in [-0.25, -0.2) is 9.97 Å². The van der Waals surface area contributed by atoms with Crippen molar-refractivity contribution in [1.82, 2.24) is 9.97 Å². The van der Waals surface area contributed by atoms with E-state index < -0.39 is 0 Å². The molecular weight excluding hydrogens is 264 g/mol. The summed E-state index contributed by atoms with van der Waals surface area (Å²) < 4.78 is 5.47. The van der Waals surface area contributed by atoms with Gasteiger partial charge in [-0.05, 0) is 37.5 Å². The molecular formula is C16H20N4O. The third-order valence-corrected chi connectivity index (χ3v) is 3.53. The third-order valence-electron chi connectivity index (χ3n) is 3.53. The highest BCUT2D eigenvalue weighted by Crippen LogP contribution is 2.32. The maximum absolute atomic E-state index is 5.74. The summed E-state index contributed by atoms with van der Waals surface area (Å²) >= 11 is 0. The Morgan fingerprint density at radius 3 is 2.67 bits per heavy atom. The molecule has 5 heteroatoms. The molecule has 1 saturated carbocycles. The molecule has 110 valence electrons. The van der Waals surface area contributed by atoms with Crippen molar-refractivity contribution in [3.8, 4) is 5.88 Å². The molecule has 0 bridgehead atoms. The number of nitrogens with zero attached hydrogens (tertiary/aromatic N) is 3. The highest BCUT2D eigenvalue weighted by Gasteiger charge is 2.30. The molecule has 1 aliphatic rings. The molecule has 1 heterocycles. The molecule has 0 atom stereocenters. The summed E-state index contributed by atoms with van der Waals surface area (Å²) in [7, 11) is 0. The first kappa shape index (κ1) is 13.7.